The number of rotatable bonds is 7. The Labute approximate surface area is 234 Å². The van der Waals surface area contributed by atoms with Gasteiger partial charge in [0.15, 0.2) is 11.3 Å². The number of nitrogens with two attached hydrogens (primary N) is 1. The van der Waals surface area contributed by atoms with Crippen LogP contribution in [-0.4, -0.2) is 56.4 Å². The number of fused-ring (bicyclic) bond motifs is 1. The number of para-hydroxylation sites is 1. The first-order chi connectivity index (χ1) is 17.7. The molecule has 0 bridgehead atoms. The number of hydrogen-bond acceptors (Lipinski definition) is 5. The van der Waals surface area contributed by atoms with Crippen LogP contribution in [0.2, 0.25) is 0 Å². The SMILES string of the molecule is NCC(=O)Nc1ccc(/C=C/C(=O)NC(N2CCN(c3cccc4cccnc34)C2=S)C(Cl)(Cl)Cl)cc1. The van der Waals surface area contributed by atoms with Crippen molar-refractivity contribution in [1.82, 2.24) is 15.2 Å². The van der Waals surface area contributed by atoms with E-state index >= 15 is 0 Å². The highest BCUT2D eigenvalue weighted by molar-refractivity contribution is 7.80. The lowest BCUT2D eigenvalue weighted by molar-refractivity contribution is -0.118. The minimum Gasteiger partial charge on any atom is -0.328 e. The Morgan fingerprint density at radius 3 is 2.54 bits per heavy atom. The summed E-state index contributed by atoms with van der Waals surface area (Å²) in [4.78, 5) is 32.3. The summed E-state index contributed by atoms with van der Waals surface area (Å²) in [5.74, 6) is -0.763. The standard InChI is InChI=1S/C25H23Cl3N6O2S/c26-25(27,28)23(32-20(35)11-8-16-6-9-18(10-7-16)31-21(36)15-29)34-14-13-33(24(34)37)19-5-1-3-17-4-2-12-30-22(17)19/h1-12,23H,13-15,29H2,(H,31,36)(H,32,35)/b11-8+. The third-order valence-electron chi connectivity index (χ3n) is 5.65. The second-order valence-corrected chi connectivity index (χ2v) is 10.9. The normalized spacial score (nSPS) is 14.9. The van der Waals surface area contributed by atoms with Crippen LogP contribution in [0.3, 0.4) is 0 Å². The molecule has 0 saturated carbocycles. The third kappa shape index (κ3) is 6.49. The van der Waals surface area contributed by atoms with E-state index in [9.17, 15) is 9.59 Å². The van der Waals surface area contributed by atoms with Gasteiger partial charge in [-0.15, -0.1) is 0 Å². The van der Waals surface area contributed by atoms with Crippen LogP contribution in [0.1, 0.15) is 5.56 Å². The van der Waals surface area contributed by atoms with E-state index in [1.54, 1.807) is 41.4 Å². The van der Waals surface area contributed by atoms with E-state index in [0.717, 1.165) is 22.2 Å². The molecule has 1 aliphatic heterocycles. The zero-order valence-corrected chi connectivity index (χ0v) is 22.5. The molecule has 1 atom stereocenters. The van der Waals surface area contributed by atoms with Crippen molar-refractivity contribution in [3.05, 3.63) is 72.4 Å². The average Bonchev–Trinajstić information content (AvgIpc) is 3.26. The Bertz CT molecular complexity index is 1340. The molecule has 8 nitrogen and oxygen atoms in total. The molecule has 3 aromatic rings. The quantitative estimate of drug-likeness (QED) is 0.221. The number of anilines is 2. The topological polar surface area (TPSA) is 104 Å². The average molecular weight is 578 g/mol. The van der Waals surface area contributed by atoms with Crippen molar-refractivity contribution in [1.29, 1.82) is 0 Å². The van der Waals surface area contributed by atoms with Gasteiger partial charge in [-0.05, 0) is 48.1 Å². The summed E-state index contributed by atoms with van der Waals surface area (Å²) in [6, 6.07) is 16.6. The number of alkyl halides is 3. The highest BCUT2D eigenvalue weighted by Gasteiger charge is 2.43. The number of benzene rings is 2. The summed E-state index contributed by atoms with van der Waals surface area (Å²) in [6.07, 6.45) is 3.66. The Morgan fingerprint density at radius 1 is 1.11 bits per heavy atom. The van der Waals surface area contributed by atoms with Gasteiger partial charge in [-0.25, -0.2) is 0 Å². The zero-order chi connectivity index (χ0) is 26.6. The molecule has 37 heavy (non-hydrogen) atoms. The van der Waals surface area contributed by atoms with Crippen LogP contribution in [0, 0.1) is 0 Å². The lowest BCUT2D eigenvalue weighted by atomic mass is 10.2. The second-order valence-electron chi connectivity index (χ2n) is 8.14. The number of carbonyl (C=O) groups is 2. The molecule has 0 radical (unpaired) electrons. The molecule has 1 aromatic heterocycles. The third-order valence-corrected chi connectivity index (χ3v) is 6.73. The smallest absolute Gasteiger partial charge is 0.245 e. The van der Waals surface area contributed by atoms with Gasteiger partial charge in [0, 0.05) is 36.4 Å². The molecule has 1 saturated heterocycles. The number of carbonyl (C=O) groups excluding carboxylic acids is 2. The Kier molecular flexibility index (Phi) is 8.51. The lowest BCUT2D eigenvalue weighted by Crippen LogP contribution is -2.56. The van der Waals surface area contributed by atoms with Crippen molar-refractivity contribution in [2.75, 3.05) is 29.9 Å². The first-order valence-electron chi connectivity index (χ1n) is 11.2. The Morgan fingerprint density at radius 2 is 1.84 bits per heavy atom. The van der Waals surface area contributed by atoms with Crippen molar-refractivity contribution in [3.63, 3.8) is 0 Å². The summed E-state index contributed by atoms with van der Waals surface area (Å²) in [5, 5.41) is 6.80. The number of aromatic nitrogens is 1. The van der Waals surface area contributed by atoms with Crippen molar-refractivity contribution >= 4 is 92.3 Å². The van der Waals surface area contributed by atoms with Crippen molar-refractivity contribution in [3.8, 4) is 0 Å². The minimum absolute atomic E-state index is 0.108. The highest BCUT2D eigenvalue weighted by Crippen LogP contribution is 2.36. The van der Waals surface area contributed by atoms with Crippen molar-refractivity contribution in [2.45, 2.75) is 9.96 Å². The van der Waals surface area contributed by atoms with Crippen LogP contribution < -0.4 is 21.3 Å². The molecular formula is C25H23Cl3N6O2S. The molecule has 4 rings (SSSR count). The van der Waals surface area contributed by atoms with Gasteiger partial charge in [0.2, 0.25) is 15.6 Å². The monoisotopic (exact) mass is 576 g/mol. The molecule has 1 unspecified atom stereocenters. The number of pyridine rings is 1. The molecule has 2 heterocycles. The molecule has 1 fully saturated rings. The fourth-order valence-corrected chi connectivity index (χ4v) is 4.81. The number of nitrogens with one attached hydrogen (secondary N) is 2. The number of hydrogen-bond donors (Lipinski definition) is 3. The molecule has 0 aliphatic carbocycles. The second kappa shape index (κ2) is 11.6. The molecule has 192 valence electrons. The predicted octanol–water partition coefficient (Wildman–Crippen LogP) is 4.06. The largest absolute Gasteiger partial charge is 0.328 e. The van der Waals surface area contributed by atoms with E-state index in [-0.39, 0.29) is 12.5 Å². The minimum atomic E-state index is -1.86. The van der Waals surface area contributed by atoms with Gasteiger partial charge in [-0.1, -0.05) is 65.1 Å². The summed E-state index contributed by atoms with van der Waals surface area (Å²) in [6.45, 7) is 0.856. The van der Waals surface area contributed by atoms with Gasteiger partial charge in [0.25, 0.3) is 0 Å². The van der Waals surface area contributed by atoms with E-state index in [4.69, 9.17) is 52.8 Å². The summed E-state index contributed by atoms with van der Waals surface area (Å²) >= 11 is 24.6. The van der Waals surface area contributed by atoms with E-state index in [1.165, 1.54) is 6.08 Å². The fraction of sp³-hybridized carbons (Fsp3) is 0.200. The molecule has 4 N–H and O–H groups in total. The highest BCUT2D eigenvalue weighted by atomic mass is 35.6. The predicted molar refractivity (Wildman–Crippen MR) is 154 cm³/mol. The number of amides is 2. The number of thiocarbonyl (C=S) groups is 1. The molecule has 2 amide bonds. The maximum Gasteiger partial charge on any atom is 0.245 e. The van der Waals surface area contributed by atoms with Gasteiger partial charge >= 0.3 is 0 Å². The van der Waals surface area contributed by atoms with E-state index in [0.29, 0.717) is 23.9 Å². The van der Waals surface area contributed by atoms with Crippen molar-refractivity contribution < 1.29 is 9.59 Å². The van der Waals surface area contributed by atoms with E-state index in [1.807, 2.05) is 35.2 Å². The number of nitrogens with zero attached hydrogens (tertiary/aromatic N) is 3. The van der Waals surface area contributed by atoms with E-state index in [2.05, 4.69) is 15.6 Å². The maximum atomic E-state index is 12.8. The Balaban J connectivity index is 1.47. The van der Waals surface area contributed by atoms with Crippen LogP contribution in [0.4, 0.5) is 11.4 Å². The zero-order valence-electron chi connectivity index (χ0n) is 19.4. The van der Waals surface area contributed by atoms with Crippen LogP contribution >= 0.6 is 47.0 Å². The van der Waals surface area contributed by atoms with Crippen molar-refractivity contribution in [2.24, 2.45) is 5.73 Å². The van der Waals surface area contributed by atoms with Gasteiger partial charge in [0.1, 0.15) is 0 Å². The molecule has 12 heteroatoms. The molecule has 1 aliphatic rings. The molecule has 2 aromatic carbocycles. The van der Waals surface area contributed by atoms with Crippen LogP contribution in [-0.2, 0) is 9.59 Å². The van der Waals surface area contributed by atoms with Gasteiger partial charge in [-0.2, -0.15) is 0 Å². The summed E-state index contributed by atoms with van der Waals surface area (Å²) in [7, 11) is 0. The first-order valence-corrected chi connectivity index (χ1v) is 12.8. The first kappa shape index (κ1) is 27.1. The number of halogens is 3. The summed E-state index contributed by atoms with van der Waals surface area (Å²) < 4.78 is -1.86. The van der Waals surface area contributed by atoms with Crippen LogP contribution in [0.25, 0.3) is 17.0 Å². The van der Waals surface area contributed by atoms with Gasteiger partial charge in [-0.3, -0.25) is 14.6 Å². The fourth-order valence-electron chi connectivity index (χ4n) is 3.90. The molecule has 0 spiro atoms. The lowest BCUT2D eigenvalue weighted by Gasteiger charge is -2.34. The van der Waals surface area contributed by atoms with Crippen LogP contribution in [0.5, 0.6) is 0 Å². The summed E-state index contributed by atoms with van der Waals surface area (Å²) in [5.41, 5.74) is 8.28. The molecular weight excluding hydrogens is 555 g/mol. The Hall–Kier alpha value is -2.95. The van der Waals surface area contributed by atoms with Crippen LogP contribution in [0.15, 0.2) is 66.9 Å². The van der Waals surface area contributed by atoms with E-state index < -0.39 is 15.9 Å². The maximum absolute atomic E-state index is 12.8. The van der Waals surface area contributed by atoms with Gasteiger partial charge in [0.05, 0.1) is 17.7 Å². The van der Waals surface area contributed by atoms with Gasteiger partial charge < -0.3 is 26.2 Å².